The van der Waals surface area contributed by atoms with Crippen LogP contribution in [-0.2, 0) is 9.53 Å². The van der Waals surface area contributed by atoms with Crippen molar-refractivity contribution in [3.63, 3.8) is 0 Å². The number of carboxylic acid groups (broad SMARTS) is 1. The highest BCUT2D eigenvalue weighted by atomic mass is 19.1. The highest BCUT2D eigenvalue weighted by Crippen LogP contribution is 2.44. The molecule has 1 atom stereocenters. The Morgan fingerprint density at radius 2 is 1.47 bits per heavy atom. The second kappa shape index (κ2) is 9.01. The quantitative estimate of drug-likeness (QED) is 0.539. The number of aliphatic carboxylic acids is 1. The van der Waals surface area contributed by atoms with Crippen molar-refractivity contribution in [2.45, 2.75) is 18.4 Å². The molecule has 1 amide bonds. The second-order valence-electron chi connectivity index (χ2n) is 7.49. The van der Waals surface area contributed by atoms with Gasteiger partial charge in [0.05, 0.1) is 0 Å². The highest BCUT2D eigenvalue weighted by Gasteiger charge is 2.30. The monoisotopic (exact) mass is 433 g/mol. The third kappa shape index (κ3) is 4.37. The van der Waals surface area contributed by atoms with Crippen LogP contribution in [0.5, 0.6) is 0 Å². The smallest absolute Gasteiger partial charge is 0.407 e. The van der Waals surface area contributed by atoms with Gasteiger partial charge in [-0.1, -0.05) is 48.5 Å². The molecule has 3 aromatic carbocycles. The largest absolute Gasteiger partial charge is 0.480 e. The van der Waals surface area contributed by atoms with E-state index in [-0.39, 0.29) is 18.1 Å². The van der Waals surface area contributed by atoms with Gasteiger partial charge in [0, 0.05) is 17.9 Å². The van der Waals surface area contributed by atoms with Crippen LogP contribution in [0.1, 0.15) is 33.8 Å². The molecule has 7 heteroatoms. The molecule has 0 bridgehead atoms. The lowest BCUT2D eigenvalue weighted by Crippen LogP contribution is -2.42. The summed E-state index contributed by atoms with van der Waals surface area (Å²) < 4.78 is 18.4. The van der Waals surface area contributed by atoms with Gasteiger partial charge < -0.3 is 15.2 Å². The second-order valence-corrected chi connectivity index (χ2v) is 7.49. The zero-order valence-electron chi connectivity index (χ0n) is 17.0. The van der Waals surface area contributed by atoms with Crippen LogP contribution in [0.2, 0.25) is 0 Å². The minimum Gasteiger partial charge on any atom is -0.480 e. The van der Waals surface area contributed by atoms with Gasteiger partial charge in [0.15, 0.2) is 5.78 Å². The zero-order chi connectivity index (χ0) is 22.7. The molecular weight excluding hydrogens is 413 g/mol. The molecule has 0 radical (unpaired) electrons. The number of carbonyl (C=O) groups is 3. The molecule has 0 aliphatic heterocycles. The SMILES string of the molecule is O=C(NC(CC(=O)c1ccc(F)cc1)C(=O)O)OCC1c2ccccc2-c2ccccc21. The number of rotatable bonds is 7. The Bertz CT molecular complexity index is 1130. The summed E-state index contributed by atoms with van der Waals surface area (Å²) in [5.41, 5.74) is 4.37. The van der Waals surface area contributed by atoms with E-state index in [2.05, 4.69) is 5.32 Å². The number of nitrogens with one attached hydrogen (secondary N) is 1. The van der Waals surface area contributed by atoms with Gasteiger partial charge in [0.25, 0.3) is 0 Å². The molecule has 0 saturated heterocycles. The predicted octanol–water partition coefficient (Wildman–Crippen LogP) is 4.39. The van der Waals surface area contributed by atoms with E-state index < -0.39 is 36.1 Å². The van der Waals surface area contributed by atoms with E-state index in [1.807, 2.05) is 48.5 Å². The molecule has 1 aliphatic rings. The van der Waals surface area contributed by atoms with Crippen molar-refractivity contribution in [1.29, 1.82) is 0 Å². The van der Waals surface area contributed by atoms with Gasteiger partial charge in [-0.15, -0.1) is 0 Å². The fraction of sp³-hybridized carbons (Fsp3) is 0.160. The number of ketones is 1. The van der Waals surface area contributed by atoms with Crippen LogP contribution < -0.4 is 5.32 Å². The average Bonchev–Trinajstić information content (AvgIpc) is 3.11. The first-order chi connectivity index (χ1) is 15.4. The van der Waals surface area contributed by atoms with Gasteiger partial charge >= 0.3 is 12.1 Å². The predicted molar refractivity (Wildman–Crippen MR) is 115 cm³/mol. The Kier molecular flexibility index (Phi) is 5.98. The van der Waals surface area contributed by atoms with Crippen molar-refractivity contribution in [2.24, 2.45) is 0 Å². The number of fused-ring (bicyclic) bond motifs is 3. The van der Waals surface area contributed by atoms with Crippen molar-refractivity contribution < 1.29 is 28.6 Å². The van der Waals surface area contributed by atoms with Crippen molar-refractivity contribution in [3.8, 4) is 11.1 Å². The summed E-state index contributed by atoms with van der Waals surface area (Å²) >= 11 is 0. The minimum absolute atomic E-state index is 0.0259. The fourth-order valence-electron chi connectivity index (χ4n) is 3.92. The number of benzene rings is 3. The molecule has 6 nitrogen and oxygen atoms in total. The van der Waals surface area contributed by atoms with Crippen LogP contribution in [0, 0.1) is 5.82 Å². The zero-order valence-corrected chi connectivity index (χ0v) is 17.0. The molecule has 32 heavy (non-hydrogen) atoms. The summed E-state index contributed by atoms with van der Waals surface area (Å²) in [5, 5.41) is 11.7. The molecule has 1 aliphatic carbocycles. The van der Waals surface area contributed by atoms with E-state index in [1.165, 1.54) is 12.1 Å². The summed E-state index contributed by atoms with van der Waals surface area (Å²) in [6.45, 7) is 0.0259. The van der Waals surface area contributed by atoms with Crippen LogP contribution in [0.3, 0.4) is 0 Å². The molecule has 1 unspecified atom stereocenters. The third-order valence-electron chi connectivity index (χ3n) is 5.49. The number of alkyl carbamates (subject to hydrolysis) is 1. The Morgan fingerprint density at radius 1 is 0.906 bits per heavy atom. The first-order valence-corrected chi connectivity index (χ1v) is 10.1. The third-order valence-corrected chi connectivity index (χ3v) is 5.49. The Balaban J connectivity index is 1.41. The molecular formula is C25H20FNO5. The van der Waals surface area contributed by atoms with Crippen molar-refractivity contribution in [1.82, 2.24) is 5.32 Å². The maximum absolute atomic E-state index is 13.0. The molecule has 0 aromatic heterocycles. The maximum Gasteiger partial charge on any atom is 0.407 e. The van der Waals surface area contributed by atoms with Gasteiger partial charge in [-0.25, -0.2) is 14.0 Å². The van der Waals surface area contributed by atoms with Crippen LogP contribution in [0.4, 0.5) is 9.18 Å². The molecule has 2 N–H and O–H groups in total. The fourth-order valence-corrected chi connectivity index (χ4v) is 3.92. The standard InChI is InChI=1S/C25H20FNO5/c26-16-11-9-15(10-12-16)23(28)13-22(24(29)30)27-25(31)32-14-21-19-7-3-1-5-17(19)18-6-2-4-8-20(18)21/h1-12,21-22H,13-14H2,(H,27,31)(H,29,30). The summed E-state index contributed by atoms with van der Waals surface area (Å²) in [6.07, 6.45) is -1.41. The van der Waals surface area contributed by atoms with Gasteiger partial charge in [-0.3, -0.25) is 4.79 Å². The number of ether oxygens (including phenoxy) is 1. The average molecular weight is 433 g/mol. The van der Waals surface area contributed by atoms with E-state index in [9.17, 15) is 23.9 Å². The van der Waals surface area contributed by atoms with Gasteiger partial charge in [-0.2, -0.15) is 0 Å². The molecule has 4 rings (SSSR count). The number of carboxylic acids is 1. The minimum atomic E-state index is -1.47. The van der Waals surface area contributed by atoms with E-state index in [1.54, 1.807) is 0 Å². The van der Waals surface area contributed by atoms with Crippen molar-refractivity contribution in [2.75, 3.05) is 6.61 Å². The van der Waals surface area contributed by atoms with Crippen LogP contribution in [0.25, 0.3) is 11.1 Å². The van der Waals surface area contributed by atoms with E-state index in [0.29, 0.717) is 0 Å². The van der Waals surface area contributed by atoms with Crippen LogP contribution in [0.15, 0.2) is 72.8 Å². The van der Waals surface area contributed by atoms with E-state index >= 15 is 0 Å². The highest BCUT2D eigenvalue weighted by molar-refractivity contribution is 5.99. The lowest BCUT2D eigenvalue weighted by Gasteiger charge is -2.17. The van der Waals surface area contributed by atoms with Crippen LogP contribution >= 0.6 is 0 Å². The van der Waals surface area contributed by atoms with Crippen molar-refractivity contribution >= 4 is 17.8 Å². The summed E-state index contributed by atoms with van der Waals surface area (Å²) in [5.74, 6) is -2.57. The maximum atomic E-state index is 13.0. The van der Waals surface area contributed by atoms with Gasteiger partial charge in [0.2, 0.25) is 0 Å². The summed E-state index contributed by atoms with van der Waals surface area (Å²) in [7, 11) is 0. The topological polar surface area (TPSA) is 92.7 Å². The number of hydrogen-bond donors (Lipinski definition) is 2. The normalized spacial score (nSPS) is 13.0. The number of halogens is 1. The lowest BCUT2D eigenvalue weighted by atomic mass is 9.98. The molecule has 3 aromatic rings. The number of hydrogen-bond acceptors (Lipinski definition) is 4. The Hall–Kier alpha value is -4.00. The van der Waals surface area contributed by atoms with E-state index in [0.717, 1.165) is 34.4 Å². The van der Waals surface area contributed by atoms with Crippen LogP contribution in [-0.4, -0.2) is 35.6 Å². The summed E-state index contributed by atoms with van der Waals surface area (Å²) in [6, 6.07) is 19.0. The molecule has 0 saturated carbocycles. The first kappa shape index (κ1) is 21.2. The molecule has 0 spiro atoms. The molecule has 0 heterocycles. The molecule has 0 fully saturated rings. The Morgan fingerprint density at radius 3 is 2.03 bits per heavy atom. The molecule has 162 valence electrons. The van der Waals surface area contributed by atoms with E-state index in [4.69, 9.17) is 4.74 Å². The number of Topliss-reactive ketones (excluding diaryl/α,β-unsaturated/α-hetero) is 1. The Labute approximate surface area is 183 Å². The van der Waals surface area contributed by atoms with Crippen molar-refractivity contribution in [3.05, 3.63) is 95.3 Å². The summed E-state index contributed by atoms with van der Waals surface area (Å²) in [4.78, 5) is 36.2. The lowest BCUT2D eigenvalue weighted by molar-refractivity contribution is -0.139. The first-order valence-electron chi connectivity index (χ1n) is 10.1. The number of amides is 1. The van der Waals surface area contributed by atoms with Gasteiger partial charge in [-0.05, 0) is 46.5 Å². The number of carbonyl (C=O) groups excluding carboxylic acids is 2. The van der Waals surface area contributed by atoms with Gasteiger partial charge in [0.1, 0.15) is 18.5 Å².